The smallest absolute Gasteiger partial charge is 0.446 e. The number of carboxylic acid groups (broad SMARTS) is 1. The van der Waals surface area contributed by atoms with E-state index in [1.807, 2.05) is 0 Å². The number of nitrogens with zero attached hydrogens (tertiary/aromatic N) is 1. The number of benzene rings is 2. The molecule has 5 atom stereocenters. The highest BCUT2D eigenvalue weighted by atomic mass is 79.9. The van der Waals surface area contributed by atoms with Gasteiger partial charge in [-0.25, -0.2) is 14.2 Å². The van der Waals surface area contributed by atoms with Gasteiger partial charge in [0.2, 0.25) is 18.0 Å². The summed E-state index contributed by atoms with van der Waals surface area (Å²) >= 11 is 3.05. The summed E-state index contributed by atoms with van der Waals surface area (Å²) in [7, 11) is -4.92. The number of hydrogen-bond donors (Lipinski definition) is 5. The molecule has 0 radical (unpaired) electrons. The Labute approximate surface area is 219 Å². The van der Waals surface area contributed by atoms with Gasteiger partial charge in [-0.1, -0.05) is 12.7 Å². The van der Waals surface area contributed by atoms with Gasteiger partial charge in [-0.05, 0) is 34.1 Å². The van der Waals surface area contributed by atoms with Crippen LogP contribution in [0, 0.1) is 11.6 Å². The molecule has 1 fully saturated rings. The number of aliphatic hydroxyl groups is 3. The molecule has 2 heterocycles. The first-order valence-electron chi connectivity index (χ1n) is 10.2. The van der Waals surface area contributed by atoms with Gasteiger partial charge in [-0.3, -0.25) is 4.55 Å². The number of fused-ring (bicyclic) bond motifs is 1. The van der Waals surface area contributed by atoms with Gasteiger partial charge in [-0.15, -0.1) is 0 Å². The van der Waals surface area contributed by atoms with Crippen LogP contribution in [0.1, 0.15) is 5.56 Å². The molecule has 3 aromatic rings. The Bertz CT molecular complexity index is 1540. The molecule has 0 spiro atoms. The van der Waals surface area contributed by atoms with Crippen molar-refractivity contribution in [3.63, 3.8) is 0 Å². The summed E-state index contributed by atoms with van der Waals surface area (Å²) in [5.74, 6) is -6.62. The number of halogens is 3. The highest BCUT2D eigenvalue weighted by molar-refractivity contribution is 9.10. The van der Waals surface area contributed by atoms with Crippen molar-refractivity contribution >= 4 is 49.5 Å². The summed E-state index contributed by atoms with van der Waals surface area (Å²) in [4.78, 5) is 15.3. The third-order valence-electron chi connectivity index (χ3n) is 5.35. The Morgan fingerprint density at radius 2 is 1.82 bits per heavy atom. The quantitative estimate of drug-likeness (QED) is 0.237. The predicted molar refractivity (Wildman–Crippen MR) is 124 cm³/mol. The number of aliphatic hydroxyl groups excluding tert-OH is 3. The zero-order valence-electron chi connectivity index (χ0n) is 18.5. The number of carbonyl (C=O) groups is 1. The third-order valence-corrected chi connectivity index (χ3v) is 6.51. The maximum absolute atomic E-state index is 15.0. The van der Waals surface area contributed by atoms with Gasteiger partial charge in [0.05, 0.1) is 10.0 Å². The number of carboxylic acids is 1. The van der Waals surface area contributed by atoms with Crippen LogP contribution in [0.15, 0.2) is 33.7 Å². The molecule has 2 aromatic carbocycles. The van der Waals surface area contributed by atoms with E-state index < -0.39 is 81.7 Å². The van der Waals surface area contributed by atoms with Gasteiger partial charge >= 0.3 is 16.4 Å². The maximum Gasteiger partial charge on any atom is 0.446 e. The van der Waals surface area contributed by atoms with Gasteiger partial charge in [0.25, 0.3) is 0 Å². The summed E-state index contributed by atoms with van der Waals surface area (Å²) in [6.07, 6.45) is -8.88. The molecule has 1 saturated heterocycles. The van der Waals surface area contributed by atoms with E-state index >= 15 is 4.39 Å². The third kappa shape index (κ3) is 5.08. The Balaban J connectivity index is 1.71. The first-order valence-corrected chi connectivity index (χ1v) is 12.4. The van der Waals surface area contributed by atoms with E-state index in [1.165, 1.54) is 6.08 Å². The second kappa shape index (κ2) is 10.2. The molecule has 1 aliphatic rings. The second-order valence-corrected chi connectivity index (χ2v) is 9.60. The lowest BCUT2D eigenvalue weighted by atomic mass is 9.99. The molecule has 17 heteroatoms. The minimum Gasteiger partial charge on any atom is -0.479 e. The van der Waals surface area contributed by atoms with Crippen molar-refractivity contribution in [2.24, 2.45) is 0 Å². The summed E-state index contributed by atoms with van der Waals surface area (Å²) < 4.78 is 81.1. The predicted octanol–water partition coefficient (Wildman–Crippen LogP) is 1.63. The van der Waals surface area contributed by atoms with E-state index in [9.17, 15) is 32.9 Å². The van der Waals surface area contributed by atoms with Crippen LogP contribution in [0.25, 0.3) is 28.6 Å². The van der Waals surface area contributed by atoms with Gasteiger partial charge in [-0.2, -0.15) is 12.8 Å². The van der Waals surface area contributed by atoms with Gasteiger partial charge < -0.3 is 38.5 Å². The Hall–Kier alpha value is -3.19. The van der Waals surface area contributed by atoms with Gasteiger partial charge in [0.15, 0.2) is 29.0 Å². The highest BCUT2D eigenvalue weighted by Crippen LogP contribution is 2.40. The minimum absolute atomic E-state index is 0.0318. The van der Waals surface area contributed by atoms with Crippen LogP contribution in [-0.2, 0) is 19.9 Å². The molecule has 5 N–H and O–H groups in total. The van der Waals surface area contributed by atoms with E-state index in [1.54, 1.807) is 0 Å². The molecule has 0 amide bonds. The Kier molecular flexibility index (Phi) is 7.45. The molecule has 0 saturated carbocycles. The molecule has 4 rings (SSSR count). The molecule has 13 nitrogen and oxygen atoms in total. The van der Waals surface area contributed by atoms with Crippen LogP contribution in [0.2, 0.25) is 0 Å². The number of rotatable bonds is 7. The zero-order valence-corrected chi connectivity index (χ0v) is 20.9. The molecular formula is C21H16BrF2NO12S. The van der Waals surface area contributed by atoms with E-state index in [0.29, 0.717) is 0 Å². The molecule has 38 heavy (non-hydrogen) atoms. The van der Waals surface area contributed by atoms with E-state index in [0.717, 1.165) is 18.2 Å². The van der Waals surface area contributed by atoms with Crippen LogP contribution in [-0.4, -0.2) is 75.1 Å². The van der Waals surface area contributed by atoms with Crippen molar-refractivity contribution in [2.75, 3.05) is 0 Å². The summed E-state index contributed by atoms with van der Waals surface area (Å²) in [6, 6.07) is 2.97. The van der Waals surface area contributed by atoms with Gasteiger partial charge in [0.1, 0.15) is 23.8 Å². The summed E-state index contributed by atoms with van der Waals surface area (Å²) in [6.45, 7) is 3.54. The largest absolute Gasteiger partial charge is 0.479 e. The summed E-state index contributed by atoms with van der Waals surface area (Å²) in [5.41, 5.74) is -0.536. The SMILES string of the molecule is C=Cc1cc(OS(=O)(=O)O)c(Br)c2nc(-c3ccc(O[C@@H]4O[C@H](C(=O)O)[C@@H](O)[C@H](O)[C@H]4O)c(F)c3F)oc12. The molecule has 0 aliphatic carbocycles. The maximum atomic E-state index is 15.0. The van der Waals surface area contributed by atoms with Crippen LogP contribution in [0.3, 0.4) is 0 Å². The monoisotopic (exact) mass is 623 g/mol. The van der Waals surface area contributed by atoms with E-state index in [2.05, 4.69) is 31.7 Å². The fraction of sp³-hybridized carbons (Fsp3) is 0.238. The van der Waals surface area contributed by atoms with Crippen molar-refractivity contribution in [2.45, 2.75) is 30.7 Å². The van der Waals surface area contributed by atoms with E-state index in [-0.39, 0.29) is 21.1 Å². The lowest BCUT2D eigenvalue weighted by Crippen LogP contribution is -2.61. The van der Waals surface area contributed by atoms with Crippen molar-refractivity contribution in [1.29, 1.82) is 0 Å². The number of aliphatic carboxylic acids is 1. The van der Waals surface area contributed by atoms with Crippen LogP contribution in [0.4, 0.5) is 8.78 Å². The molecule has 1 aromatic heterocycles. The normalized spacial score (nSPS) is 23.8. The fourth-order valence-electron chi connectivity index (χ4n) is 3.55. The van der Waals surface area contributed by atoms with E-state index in [4.69, 9.17) is 23.6 Å². The molecule has 1 aliphatic heterocycles. The Morgan fingerprint density at radius 3 is 2.42 bits per heavy atom. The molecule has 204 valence electrons. The lowest BCUT2D eigenvalue weighted by Gasteiger charge is -2.38. The second-order valence-electron chi connectivity index (χ2n) is 7.78. The van der Waals surface area contributed by atoms with Crippen LogP contribution < -0.4 is 8.92 Å². The summed E-state index contributed by atoms with van der Waals surface area (Å²) in [5, 5.41) is 38.7. The fourth-order valence-corrected chi connectivity index (χ4v) is 4.48. The average Bonchev–Trinajstić information content (AvgIpc) is 3.28. The Morgan fingerprint density at radius 1 is 1.13 bits per heavy atom. The molecular weight excluding hydrogens is 608 g/mol. The topological polar surface area (TPSA) is 206 Å². The van der Waals surface area contributed by atoms with Crippen molar-refractivity contribution in [3.05, 3.63) is 46.4 Å². The number of aromatic nitrogens is 1. The number of hydrogen-bond acceptors (Lipinski definition) is 11. The van der Waals surface area contributed by atoms with Crippen molar-refractivity contribution in [1.82, 2.24) is 4.98 Å². The minimum atomic E-state index is -4.92. The lowest BCUT2D eigenvalue weighted by molar-refractivity contribution is -0.271. The zero-order chi connectivity index (χ0) is 28.1. The number of oxazole rings is 1. The molecule has 0 unspecified atom stereocenters. The molecule has 0 bridgehead atoms. The van der Waals surface area contributed by atoms with Crippen LogP contribution >= 0.6 is 15.9 Å². The van der Waals surface area contributed by atoms with Crippen LogP contribution in [0.5, 0.6) is 11.5 Å². The highest BCUT2D eigenvalue weighted by Gasteiger charge is 2.48. The number of ether oxygens (including phenoxy) is 2. The van der Waals surface area contributed by atoms with Crippen molar-refractivity contribution in [3.8, 4) is 23.0 Å². The standard InChI is InChI=1S/C21H16BrF2NO12S/c1-2-6-5-9(37-38(31,32)33)10(22)13-17(6)35-19(25-13)7-3-4-8(12(24)11(7)23)34-21-16(28)14(26)15(27)18(36-21)20(29)30/h2-5,14-16,18,21,26-28H,1H2,(H,29,30)(H,31,32,33)/t14-,15-,16+,18-,21+/m0/s1. The van der Waals surface area contributed by atoms with Crippen molar-refractivity contribution < 1.29 is 65.0 Å². The van der Waals surface area contributed by atoms with Gasteiger partial charge in [0, 0.05) is 5.56 Å². The first-order chi connectivity index (χ1) is 17.7. The average molecular weight is 624 g/mol. The first kappa shape index (κ1) is 27.8.